The number of rotatable bonds is 4. The Morgan fingerprint density at radius 3 is 2.80 bits per heavy atom. The normalized spacial score (nSPS) is 23.0. The number of benzene rings is 1. The van der Waals surface area contributed by atoms with Crippen molar-refractivity contribution >= 4 is 27.0 Å². The van der Waals surface area contributed by atoms with E-state index in [1.54, 1.807) is 0 Å². The van der Waals surface area contributed by atoms with Crippen LogP contribution in [0.3, 0.4) is 0 Å². The van der Waals surface area contributed by atoms with Crippen molar-refractivity contribution in [3.8, 4) is 11.3 Å². The van der Waals surface area contributed by atoms with Crippen LogP contribution >= 0.6 is 15.9 Å². The lowest BCUT2D eigenvalue weighted by Gasteiger charge is -2.34. The quantitative estimate of drug-likeness (QED) is 0.720. The van der Waals surface area contributed by atoms with Crippen LogP contribution in [-0.2, 0) is 0 Å². The standard InChI is InChI=1S/C19H20BrN5/c20-13-3-4-16-17(7-13)23-18(9-22-16)15-10-25(14-5-11(6-14)8-21)24-19(15)12-1-2-12/h3-4,7,9-12,14H,1-2,5-6,8,21H2. The highest BCUT2D eigenvalue weighted by molar-refractivity contribution is 9.10. The van der Waals surface area contributed by atoms with E-state index in [9.17, 15) is 0 Å². The highest BCUT2D eigenvalue weighted by Gasteiger charge is 2.34. The fourth-order valence-corrected chi connectivity index (χ4v) is 4.02. The first-order valence-corrected chi connectivity index (χ1v) is 9.72. The molecule has 0 unspecified atom stereocenters. The van der Waals surface area contributed by atoms with Gasteiger partial charge in [-0.25, -0.2) is 4.98 Å². The van der Waals surface area contributed by atoms with Gasteiger partial charge in [0.25, 0.3) is 0 Å². The lowest BCUT2D eigenvalue weighted by atomic mass is 9.80. The van der Waals surface area contributed by atoms with Crippen molar-refractivity contribution in [1.29, 1.82) is 0 Å². The molecule has 0 saturated heterocycles. The van der Waals surface area contributed by atoms with Crippen molar-refractivity contribution in [2.75, 3.05) is 6.54 Å². The third kappa shape index (κ3) is 2.77. The van der Waals surface area contributed by atoms with Gasteiger partial charge in [-0.05, 0) is 56.3 Å². The van der Waals surface area contributed by atoms with Gasteiger partial charge < -0.3 is 5.73 Å². The van der Waals surface area contributed by atoms with Gasteiger partial charge in [0.05, 0.1) is 34.7 Å². The van der Waals surface area contributed by atoms with Crippen LogP contribution in [0.4, 0.5) is 0 Å². The monoisotopic (exact) mass is 397 g/mol. The number of nitrogens with two attached hydrogens (primary N) is 1. The number of aromatic nitrogens is 4. The highest BCUT2D eigenvalue weighted by atomic mass is 79.9. The first kappa shape index (κ1) is 15.5. The summed E-state index contributed by atoms with van der Waals surface area (Å²) in [6, 6.07) is 6.49. The minimum absolute atomic E-state index is 0.488. The van der Waals surface area contributed by atoms with E-state index < -0.39 is 0 Å². The van der Waals surface area contributed by atoms with E-state index in [1.165, 1.54) is 18.5 Å². The summed E-state index contributed by atoms with van der Waals surface area (Å²) >= 11 is 3.52. The zero-order valence-electron chi connectivity index (χ0n) is 13.9. The van der Waals surface area contributed by atoms with Crippen molar-refractivity contribution in [3.63, 3.8) is 0 Å². The smallest absolute Gasteiger partial charge is 0.0927 e. The van der Waals surface area contributed by atoms with Gasteiger partial charge in [0.15, 0.2) is 0 Å². The number of halogens is 1. The van der Waals surface area contributed by atoms with Gasteiger partial charge in [-0.3, -0.25) is 9.67 Å². The maximum absolute atomic E-state index is 5.77. The van der Waals surface area contributed by atoms with Crippen molar-refractivity contribution < 1.29 is 0 Å². The Hall–Kier alpha value is -1.79. The average Bonchev–Trinajstić information content (AvgIpc) is 3.33. The Morgan fingerprint density at radius 1 is 1.20 bits per heavy atom. The van der Waals surface area contributed by atoms with Gasteiger partial charge in [0.2, 0.25) is 0 Å². The van der Waals surface area contributed by atoms with Gasteiger partial charge in [0.1, 0.15) is 0 Å². The van der Waals surface area contributed by atoms with Crippen LogP contribution in [0.5, 0.6) is 0 Å². The molecule has 6 heteroatoms. The third-order valence-corrected chi connectivity index (χ3v) is 5.92. The molecule has 25 heavy (non-hydrogen) atoms. The predicted octanol–water partition coefficient (Wildman–Crippen LogP) is 4.04. The van der Waals surface area contributed by atoms with E-state index in [-0.39, 0.29) is 0 Å². The topological polar surface area (TPSA) is 69.6 Å². The molecule has 2 heterocycles. The number of fused-ring (bicyclic) bond motifs is 1. The van der Waals surface area contributed by atoms with E-state index in [4.69, 9.17) is 15.8 Å². The molecule has 128 valence electrons. The fourth-order valence-electron chi connectivity index (χ4n) is 3.67. The van der Waals surface area contributed by atoms with E-state index in [0.717, 1.165) is 46.1 Å². The van der Waals surface area contributed by atoms with E-state index in [1.807, 2.05) is 24.4 Å². The molecular weight excluding hydrogens is 378 g/mol. The van der Waals surface area contributed by atoms with Gasteiger partial charge >= 0.3 is 0 Å². The van der Waals surface area contributed by atoms with Gasteiger partial charge in [0, 0.05) is 22.2 Å². The summed E-state index contributed by atoms with van der Waals surface area (Å²) in [6.45, 7) is 0.783. The van der Waals surface area contributed by atoms with E-state index in [2.05, 4.69) is 31.8 Å². The second-order valence-electron chi connectivity index (χ2n) is 7.30. The lowest BCUT2D eigenvalue weighted by molar-refractivity contribution is 0.189. The first-order valence-electron chi connectivity index (χ1n) is 8.93. The fraction of sp³-hybridized carbons (Fsp3) is 0.421. The van der Waals surface area contributed by atoms with Crippen LogP contribution in [-0.4, -0.2) is 26.3 Å². The van der Waals surface area contributed by atoms with Crippen LogP contribution in [0.15, 0.2) is 35.1 Å². The summed E-state index contributed by atoms with van der Waals surface area (Å²) in [4.78, 5) is 9.46. The zero-order valence-corrected chi connectivity index (χ0v) is 15.5. The summed E-state index contributed by atoms with van der Waals surface area (Å²) in [6.07, 6.45) is 8.79. The molecule has 5 nitrogen and oxygen atoms in total. The summed E-state index contributed by atoms with van der Waals surface area (Å²) in [5, 5.41) is 4.94. The SMILES string of the molecule is NCC1CC(n2cc(-c3cnc4ccc(Br)cc4n3)c(C3CC3)n2)C1. The molecule has 3 aromatic rings. The average molecular weight is 398 g/mol. The summed E-state index contributed by atoms with van der Waals surface area (Å²) in [5.41, 5.74) is 10.9. The van der Waals surface area contributed by atoms with Crippen LogP contribution in [0.2, 0.25) is 0 Å². The molecule has 2 saturated carbocycles. The molecule has 2 aliphatic rings. The summed E-state index contributed by atoms with van der Waals surface area (Å²) in [7, 11) is 0. The molecule has 0 amide bonds. The van der Waals surface area contributed by atoms with Gasteiger partial charge in [-0.1, -0.05) is 15.9 Å². The minimum Gasteiger partial charge on any atom is -0.330 e. The maximum atomic E-state index is 5.77. The third-order valence-electron chi connectivity index (χ3n) is 5.42. The Balaban J connectivity index is 1.55. The first-order chi connectivity index (χ1) is 12.2. The molecule has 2 N–H and O–H groups in total. The lowest BCUT2D eigenvalue weighted by Crippen LogP contribution is -2.32. The van der Waals surface area contributed by atoms with Crippen LogP contribution in [0, 0.1) is 5.92 Å². The van der Waals surface area contributed by atoms with Crippen molar-refractivity contribution in [1.82, 2.24) is 19.7 Å². The van der Waals surface area contributed by atoms with Crippen molar-refractivity contribution in [2.45, 2.75) is 37.6 Å². The molecule has 2 aliphatic carbocycles. The van der Waals surface area contributed by atoms with Gasteiger partial charge in [-0.2, -0.15) is 5.10 Å². The highest BCUT2D eigenvalue weighted by Crippen LogP contribution is 2.45. The van der Waals surface area contributed by atoms with Crippen LogP contribution in [0.1, 0.15) is 43.3 Å². The zero-order chi connectivity index (χ0) is 17.0. The molecule has 2 aromatic heterocycles. The minimum atomic E-state index is 0.488. The van der Waals surface area contributed by atoms with E-state index >= 15 is 0 Å². The number of nitrogens with zero attached hydrogens (tertiary/aromatic N) is 4. The van der Waals surface area contributed by atoms with Crippen LogP contribution < -0.4 is 5.73 Å². The second kappa shape index (κ2) is 5.88. The Labute approximate surface area is 154 Å². The largest absolute Gasteiger partial charge is 0.330 e. The molecule has 0 bridgehead atoms. The molecule has 0 atom stereocenters. The molecule has 0 spiro atoms. The molecular formula is C19H20BrN5. The Kier molecular flexibility index (Phi) is 3.64. The van der Waals surface area contributed by atoms with E-state index in [0.29, 0.717) is 17.9 Å². The van der Waals surface area contributed by atoms with Gasteiger partial charge in [-0.15, -0.1) is 0 Å². The molecule has 5 rings (SSSR count). The number of hydrogen-bond acceptors (Lipinski definition) is 4. The van der Waals surface area contributed by atoms with Crippen molar-refractivity contribution in [3.05, 3.63) is 40.8 Å². The molecule has 1 aromatic carbocycles. The number of hydrogen-bond donors (Lipinski definition) is 1. The Bertz CT molecular complexity index is 940. The molecule has 0 aliphatic heterocycles. The van der Waals surface area contributed by atoms with Crippen LogP contribution in [0.25, 0.3) is 22.3 Å². The maximum Gasteiger partial charge on any atom is 0.0927 e. The second-order valence-corrected chi connectivity index (χ2v) is 8.21. The Morgan fingerprint density at radius 2 is 2.04 bits per heavy atom. The molecule has 0 radical (unpaired) electrons. The summed E-state index contributed by atoms with van der Waals surface area (Å²) in [5.74, 6) is 1.24. The molecule has 2 fully saturated rings. The van der Waals surface area contributed by atoms with Crippen molar-refractivity contribution in [2.24, 2.45) is 11.7 Å². The predicted molar refractivity (Wildman–Crippen MR) is 101 cm³/mol. The summed E-state index contributed by atoms with van der Waals surface area (Å²) < 4.78 is 3.17.